The van der Waals surface area contributed by atoms with Crippen molar-refractivity contribution in [1.29, 1.82) is 0 Å². The molecule has 1 aliphatic heterocycles. The van der Waals surface area contributed by atoms with Gasteiger partial charge in [0.15, 0.2) is 0 Å². The van der Waals surface area contributed by atoms with Gasteiger partial charge in [0.25, 0.3) is 0 Å². The highest BCUT2D eigenvalue weighted by Gasteiger charge is 2.34. The molecule has 0 radical (unpaired) electrons. The first kappa shape index (κ1) is 20.4. The Morgan fingerprint density at radius 2 is 1.88 bits per heavy atom. The molecule has 0 saturated carbocycles. The molecule has 0 aromatic heterocycles. The molecule has 0 aliphatic carbocycles. The molecule has 1 fully saturated rings. The average molecular weight is 361 g/mol. The van der Waals surface area contributed by atoms with Crippen LogP contribution in [0.3, 0.4) is 0 Å². The van der Waals surface area contributed by atoms with Crippen LogP contribution in [0.4, 0.5) is 0 Å². The highest BCUT2D eigenvalue weighted by Crippen LogP contribution is 2.34. The molecule has 1 aromatic rings. The third-order valence-electron chi connectivity index (χ3n) is 5.03. The van der Waals surface area contributed by atoms with Gasteiger partial charge < -0.3 is 15.8 Å². The lowest BCUT2D eigenvalue weighted by molar-refractivity contribution is -0.124. The van der Waals surface area contributed by atoms with Gasteiger partial charge in [-0.05, 0) is 31.4 Å². The van der Waals surface area contributed by atoms with Crippen LogP contribution in [0.5, 0.6) is 0 Å². The maximum absolute atomic E-state index is 12.5. The van der Waals surface area contributed by atoms with E-state index >= 15 is 0 Å². The highest BCUT2D eigenvalue weighted by molar-refractivity contribution is 5.80. The van der Waals surface area contributed by atoms with Crippen molar-refractivity contribution in [2.24, 2.45) is 5.73 Å². The van der Waals surface area contributed by atoms with E-state index in [-0.39, 0.29) is 24.4 Å². The Kier molecular flexibility index (Phi) is 8.06. The summed E-state index contributed by atoms with van der Waals surface area (Å²) in [6, 6.07) is 10.3. The number of nitrogens with one attached hydrogen (secondary N) is 1. The highest BCUT2D eigenvalue weighted by atomic mass is 16.5. The molecule has 1 aromatic carbocycles. The van der Waals surface area contributed by atoms with E-state index in [1.54, 1.807) is 0 Å². The van der Waals surface area contributed by atoms with Gasteiger partial charge in [-0.15, -0.1) is 0 Å². The SMILES string of the molecule is CCCCN(CC(N)=O)CC(=O)NCC1(c2ccccc2)CCOCC1. The second kappa shape index (κ2) is 10.3. The quantitative estimate of drug-likeness (QED) is 0.660. The Bertz CT molecular complexity index is 571. The molecule has 0 atom stereocenters. The molecule has 1 saturated heterocycles. The van der Waals surface area contributed by atoms with Gasteiger partial charge in [0.05, 0.1) is 13.1 Å². The Morgan fingerprint density at radius 1 is 1.19 bits per heavy atom. The molecule has 0 bridgehead atoms. The molecule has 0 spiro atoms. The summed E-state index contributed by atoms with van der Waals surface area (Å²) in [5.41, 5.74) is 6.45. The van der Waals surface area contributed by atoms with Gasteiger partial charge in [0, 0.05) is 25.2 Å². The predicted molar refractivity (Wildman–Crippen MR) is 102 cm³/mol. The summed E-state index contributed by atoms with van der Waals surface area (Å²) < 4.78 is 5.53. The van der Waals surface area contributed by atoms with Gasteiger partial charge in [-0.1, -0.05) is 43.7 Å². The minimum Gasteiger partial charge on any atom is -0.381 e. The molecule has 0 unspecified atom stereocenters. The summed E-state index contributed by atoms with van der Waals surface area (Å²) in [6.45, 7) is 5.08. The first-order valence-electron chi connectivity index (χ1n) is 9.46. The molecule has 6 heteroatoms. The molecule has 2 rings (SSSR count). The van der Waals surface area contributed by atoms with Crippen LogP contribution < -0.4 is 11.1 Å². The van der Waals surface area contributed by atoms with Crippen LogP contribution in [0.2, 0.25) is 0 Å². The van der Waals surface area contributed by atoms with Crippen LogP contribution in [0.15, 0.2) is 30.3 Å². The van der Waals surface area contributed by atoms with E-state index in [0.29, 0.717) is 26.3 Å². The van der Waals surface area contributed by atoms with Crippen LogP contribution in [-0.4, -0.2) is 56.1 Å². The number of unbranched alkanes of at least 4 members (excludes halogenated alkanes) is 1. The predicted octanol–water partition coefficient (Wildman–Crippen LogP) is 1.44. The van der Waals surface area contributed by atoms with E-state index in [4.69, 9.17) is 10.5 Å². The fourth-order valence-corrected chi connectivity index (χ4v) is 3.46. The topological polar surface area (TPSA) is 84.7 Å². The smallest absolute Gasteiger partial charge is 0.234 e. The van der Waals surface area contributed by atoms with E-state index < -0.39 is 5.91 Å². The molecule has 2 amide bonds. The number of hydrogen-bond acceptors (Lipinski definition) is 4. The minimum atomic E-state index is -0.404. The summed E-state index contributed by atoms with van der Waals surface area (Å²) in [5.74, 6) is -0.469. The van der Waals surface area contributed by atoms with Gasteiger partial charge in [-0.25, -0.2) is 0 Å². The van der Waals surface area contributed by atoms with Crippen LogP contribution >= 0.6 is 0 Å². The van der Waals surface area contributed by atoms with E-state index in [9.17, 15) is 9.59 Å². The number of carbonyl (C=O) groups excluding carboxylic acids is 2. The van der Waals surface area contributed by atoms with Crippen molar-refractivity contribution < 1.29 is 14.3 Å². The zero-order valence-electron chi connectivity index (χ0n) is 15.7. The lowest BCUT2D eigenvalue weighted by Gasteiger charge is -2.38. The van der Waals surface area contributed by atoms with Gasteiger partial charge in [-0.3, -0.25) is 14.5 Å². The molecule has 1 heterocycles. The van der Waals surface area contributed by atoms with Crippen LogP contribution in [0, 0.1) is 0 Å². The zero-order chi connectivity index (χ0) is 18.8. The van der Waals surface area contributed by atoms with Gasteiger partial charge in [-0.2, -0.15) is 0 Å². The maximum atomic E-state index is 12.5. The standard InChI is InChI=1S/C20H31N3O3/c1-2-3-11-23(14-18(21)24)15-19(25)22-16-20(9-12-26-13-10-20)17-7-5-4-6-8-17/h4-8H,2-3,9-16H2,1H3,(H2,21,24)(H,22,25). The number of benzene rings is 1. The third kappa shape index (κ3) is 6.11. The zero-order valence-corrected chi connectivity index (χ0v) is 15.7. The number of primary amides is 1. The van der Waals surface area contributed by atoms with E-state index in [0.717, 1.165) is 25.7 Å². The normalized spacial score (nSPS) is 16.4. The van der Waals surface area contributed by atoms with Crippen molar-refractivity contribution in [1.82, 2.24) is 10.2 Å². The van der Waals surface area contributed by atoms with Gasteiger partial charge >= 0.3 is 0 Å². The van der Waals surface area contributed by atoms with Crippen molar-refractivity contribution in [2.75, 3.05) is 39.4 Å². The lowest BCUT2D eigenvalue weighted by atomic mass is 9.74. The molecule has 26 heavy (non-hydrogen) atoms. The number of hydrogen-bond donors (Lipinski definition) is 2. The third-order valence-corrected chi connectivity index (χ3v) is 5.03. The second-order valence-corrected chi connectivity index (χ2v) is 7.07. The first-order chi connectivity index (χ1) is 12.6. The Balaban J connectivity index is 1.96. The molecular weight excluding hydrogens is 330 g/mol. The summed E-state index contributed by atoms with van der Waals surface area (Å²) in [7, 11) is 0. The number of nitrogens with zero attached hydrogens (tertiary/aromatic N) is 1. The molecule has 6 nitrogen and oxygen atoms in total. The van der Waals surface area contributed by atoms with E-state index in [2.05, 4.69) is 24.4 Å². The minimum absolute atomic E-state index is 0.0656. The number of nitrogens with two attached hydrogens (primary N) is 1. The monoisotopic (exact) mass is 361 g/mol. The maximum Gasteiger partial charge on any atom is 0.234 e. The fourth-order valence-electron chi connectivity index (χ4n) is 3.46. The van der Waals surface area contributed by atoms with Crippen molar-refractivity contribution in [3.8, 4) is 0 Å². The largest absolute Gasteiger partial charge is 0.381 e. The fraction of sp³-hybridized carbons (Fsp3) is 0.600. The Morgan fingerprint density at radius 3 is 2.50 bits per heavy atom. The van der Waals surface area contributed by atoms with Crippen LogP contribution in [0.25, 0.3) is 0 Å². The van der Waals surface area contributed by atoms with Gasteiger partial charge in [0.1, 0.15) is 0 Å². The Hall–Kier alpha value is -1.92. The average Bonchev–Trinajstić information content (AvgIpc) is 2.65. The van der Waals surface area contributed by atoms with Crippen LogP contribution in [0.1, 0.15) is 38.2 Å². The number of amides is 2. The van der Waals surface area contributed by atoms with Crippen molar-refractivity contribution in [3.05, 3.63) is 35.9 Å². The van der Waals surface area contributed by atoms with Crippen molar-refractivity contribution in [2.45, 2.75) is 38.0 Å². The molecule has 3 N–H and O–H groups in total. The molecule has 1 aliphatic rings. The molecule has 144 valence electrons. The first-order valence-corrected chi connectivity index (χ1v) is 9.46. The number of ether oxygens (including phenoxy) is 1. The summed E-state index contributed by atoms with van der Waals surface area (Å²) in [6.07, 6.45) is 3.72. The van der Waals surface area contributed by atoms with Crippen LogP contribution in [-0.2, 0) is 19.7 Å². The Labute approximate surface area is 156 Å². The number of rotatable bonds is 10. The van der Waals surface area contributed by atoms with Crippen molar-refractivity contribution >= 4 is 11.8 Å². The van der Waals surface area contributed by atoms with Crippen molar-refractivity contribution in [3.63, 3.8) is 0 Å². The second-order valence-electron chi connectivity index (χ2n) is 7.07. The number of carbonyl (C=O) groups is 2. The molecular formula is C20H31N3O3. The van der Waals surface area contributed by atoms with E-state index in [1.807, 2.05) is 23.1 Å². The van der Waals surface area contributed by atoms with E-state index in [1.165, 1.54) is 5.56 Å². The summed E-state index contributed by atoms with van der Waals surface area (Å²) in [4.78, 5) is 25.5. The van der Waals surface area contributed by atoms with Gasteiger partial charge in [0.2, 0.25) is 11.8 Å². The lowest BCUT2D eigenvalue weighted by Crippen LogP contribution is -2.48. The summed E-state index contributed by atoms with van der Waals surface area (Å²) in [5, 5.41) is 3.08. The summed E-state index contributed by atoms with van der Waals surface area (Å²) >= 11 is 0.